The lowest BCUT2D eigenvalue weighted by Crippen LogP contribution is -2.40. The molecule has 0 aromatic rings. The zero-order valence-corrected chi connectivity index (χ0v) is 25.6. The number of amides is 1. The van der Waals surface area contributed by atoms with E-state index >= 15 is 0 Å². The van der Waals surface area contributed by atoms with Gasteiger partial charge in [-0.1, -0.05) is 149 Å². The van der Waals surface area contributed by atoms with Crippen molar-refractivity contribution in [3.8, 4) is 0 Å². The third-order valence-corrected chi connectivity index (χ3v) is 7.52. The maximum absolute atomic E-state index is 12.3. The van der Waals surface area contributed by atoms with Crippen LogP contribution in [0.25, 0.3) is 0 Å². The number of nitrogens with one attached hydrogen (secondary N) is 1. The van der Waals surface area contributed by atoms with E-state index in [-0.39, 0.29) is 18.0 Å². The first-order chi connectivity index (χ1) is 18.0. The number of rotatable bonds is 28. The molecule has 0 aromatic carbocycles. The van der Waals surface area contributed by atoms with Gasteiger partial charge in [-0.05, 0) is 33.1 Å². The molecule has 4 nitrogen and oxygen atoms in total. The Labute approximate surface area is 231 Å². The molecule has 0 saturated carbocycles. The van der Waals surface area contributed by atoms with Crippen LogP contribution in [0.5, 0.6) is 0 Å². The standard InChI is InChI=1S/C33H65NO3/c1-5-7-9-11-13-15-17-19-20-22-24-26-28-30(3)37-33(36)31(4)34-32(35)29-27-25-23-21-18-16-14-12-10-8-6-2/h30-31H,5-29H2,1-4H3,(H,34,35)/t30?,31-/m0/s1. The van der Waals surface area contributed by atoms with Gasteiger partial charge in [-0.3, -0.25) is 4.79 Å². The number of ether oxygens (including phenoxy) is 1. The molecule has 0 aromatic heterocycles. The predicted octanol–water partition coefficient (Wildman–Crippen LogP) is 10.2. The molecule has 0 heterocycles. The van der Waals surface area contributed by atoms with Crippen LogP contribution >= 0.6 is 0 Å². The molecule has 1 unspecified atom stereocenters. The maximum Gasteiger partial charge on any atom is 0.328 e. The molecule has 0 spiro atoms. The van der Waals surface area contributed by atoms with Crippen molar-refractivity contribution in [1.82, 2.24) is 5.32 Å². The van der Waals surface area contributed by atoms with Crippen molar-refractivity contribution in [2.75, 3.05) is 0 Å². The predicted molar refractivity (Wildman–Crippen MR) is 160 cm³/mol. The molecule has 0 aliphatic rings. The number of esters is 1. The zero-order valence-electron chi connectivity index (χ0n) is 25.6. The van der Waals surface area contributed by atoms with Crippen molar-refractivity contribution in [1.29, 1.82) is 0 Å². The summed E-state index contributed by atoms with van der Waals surface area (Å²) in [5, 5.41) is 2.82. The smallest absolute Gasteiger partial charge is 0.328 e. The molecular weight excluding hydrogens is 458 g/mol. The first-order valence-electron chi connectivity index (χ1n) is 16.5. The second-order valence-corrected chi connectivity index (χ2v) is 11.5. The lowest BCUT2D eigenvalue weighted by atomic mass is 10.0. The van der Waals surface area contributed by atoms with Gasteiger partial charge in [0.2, 0.25) is 5.91 Å². The van der Waals surface area contributed by atoms with Crippen LogP contribution in [0.15, 0.2) is 0 Å². The lowest BCUT2D eigenvalue weighted by Gasteiger charge is -2.18. The van der Waals surface area contributed by atoms with Gasteiger partial charge in [-0.2, -0.15) is 0 Å². The molecule has 0 saturated heterocycles. The molecule has 37 heavy (non-hydrogen) atoms. The Morgan fingerprint density at radius 1 is 0.541 bits per heavy atom. The summed E-state index contributed by atoms with van der Waals surface area (Å²) in [4.78, 5) is 24.5. The first kappa shape index (κ1) is 35.9. The molecule has 0 aliphatic carbocycles. The Kier molecular flexibility index (Phi) is 27.2. The van der Waals surface area contributed by atoms with Crippen LogP contribution in [0.4, 0.5) is 0 Å². The molecule has 0 bridgehead atoms. The quantitative estimate of drug-likeness (QED) is 0.0819. The first-order valence-corrected chi connectivity index (χ1v) is 16.5. The van der Waals surface area contributed by atoms with Crippen LogP contribution in [0.1, 0.15) is 188 Å². The molecular formula is C33H65NO3. The highest BCUT2D eigenvalue weighted by Gasteiger charge is 2.19. The van der Waals surface area contributed by atoms with Gasteiger partial charge < -0.3 is 10.1 Å². The summed E-state index contributed by atoms with van der Waals surface area (Å²) in [5.41, 5.74) is 0. The van der Waals surface area contributed by atoms with Crippen LogP contribution in [0.2, 0.25) is 0 Å². The Morgan fingerprint density at radius 3 is 1.30 bits per heavy atom. The summed E-state index contributed by atoms with van der Waals surface area (Å²) in [5.74, 6) is -0.340. The summed E-state index contributed by atoms with van der Waals surface area (Å²) in [6.07, 6.45) is 31.3. The highest BCUT2D eigenvalue weighted by atomic mass is 16.5. The second kappa shape index (κ2) is 28.0. The minimum Gasteiger partial charge on any atom is -0.461 e. The number of unbranched alkanes of at least 4 members (excludes halogenated alkanes) is 21. The summed E-state index contributed by atoms with van der Waals surface area (Å²) >= 11 is 0. The minimum atomic E-state index is -0.565. The van der Waals surface area contributed by atoms with Gasteiger partial charge in [0, 0.05) is 6.42 Å². The van der Waals surface area contributed by atoms with Crippen LogP contribution in [0, 0.1) is 0 Å². The highest BCUT2D eigenvalue weighted by Crippen LogP contribution is 2.14. The summed E-state index contributed by atoms with van der Waals surface area (Å²) < 4.78 is 5.57. The van der Waals surface area contributed by atoms with E-state index in [1.54, 1.807) is 6.92 Å². The molecule has 4 heteroatoms. The molecule has 1 N–H and O–H groups in total. The number of hydrogen-bond acceptors (Lipinski definition) is 3. The zero-order chi connectivity index (χ0) is 27.4. The van der Waals surface area contributed by atoms with Gasteiger partial charge >= 0.3 is 5.97 Å². The fraction of sp³-hybridized carbons (Fsp3) is 0.939. The van der Waals surface area contributed by atoms with Crippen LogP contribution in [-0.2, 0) is 14.3 Å². The lowest BCUT2D eigenvalue weighted by molar-refractivity contribution is -0.152. The van der Waals surface area contributed by atoms with Gasteiger partial charge in [-0.25, -0.2) is 4.79 Å². The van der Waals surface area contributed by atoms with Crippen molar-refractivity contribution in [3.05, 3.63) is 0 Å². The Morgan fingerprint density at radius 2 is 0.892 bits per heavy atom. The monoisotopic (exact) mass is 523 g/mol. The molecule has 2 atom stereocenters. The van der Waals surface area contributed by atoms with Gasteiger partial charge in [0.05, 0.1) is 6.10 Å². The third kappa shape index (κ3) is 26.3. The SMILES string of the molecule is CCCCCCCCCCCCCCC(C)OC(=O)[C@H](C)NC(=O)CCCCCCCCCCCCC. The number of carbonyl (C=O) groups is 2. The fourth-order valence-corrected chi connectivity index (χ4v) is 4.95. The van der Waals surface area contributed by atoms with Gasteiger partial charge in [0.15, 0.2) is 0 Å². The number of hydrogen-bond donors (Lipinski definition) is 1. The van der Waals surface area contributed by atoms with Crippen molar-refractivity contribution in [3.63, 3.8) is 0 Å². The van der Waals surface area contributed by atoms with Crippen molar-refractivity contribution < 1.29 is 14.3 Å². The van der Waals surface area contributed by atoms with Gasteiger partial charge in [0.1, 0.15) is 6.04 Å². The minimum absolute atomic E-state index is 0.0333. The third-order valence-electron chi connectivity index (χ3n) is 7.52. The number of carbonyl (C=O) groups excluding carboxylic acids is 2. The van der Waals surface area contributed by atoms with E-state index in [4.69, 9.17) is 4.74 Å². The van der Waals surface area contributed by atoms with E-state index in [1.807, 2.05) is 6.92 Å². The van der Waals surface area contributed by atoms with E-state index < -0.39 is 6.04 Å². The Balaban J connectivity index is 3.58. The largest absolute Gasteiger partial charge is 0.461 e. The average molecular weight is 524 g/mol. The van der Waals surface area contributed by atoms with Crippen LogP contribution in [0.3, 0.4) is 0 Å². The van der Waals surface area contributed by atoms with E-state index in [1.165, 1.54) is 128 Å². The molecule has 220 valence electrons. The Bertz CT molecular complexity index is 508. The summed E-state index contributed by atoms with van der Waals surface area (Å²) in [6, 6.07) is -0.565. The van der Waals surface area contributed by atoms with E-state index in [0.717, 1.165) is 25.7 Å². The van der Waals surface area contributed by atoms with Crippen molar-refractivity contribution >= 4 is 11.9 Å². The topological polar surface area (TPSA) is 55.4 Å². The normalized spacial score (nSPS) is 12.9. The Hall–Kier alpha value is -1.06. The van der Waals surface area contributed by atoms with Crippen molar-refractivity contribution in [2.45, 2.75) is 200 Å². The summed E-state index contributed by atoms with van der Waals surface area (Å²) in [6.45, 7) is 8.23. The molecule has 0 radical (unpaired) electrons. The van der Waals surface area contributed by atoms with Crippen LogP contribution in [-0.4, -0.2) is 24.0 Å². The molecule has 0 rings (SSSR count). The second-order valence-electron chi connectivity index (χ2n) is 11.5. The average Bonchev–Trinajstić information content (AvgIpc) is 2.87. The maximum atomic E-state index is 12.3. The van der Waals surface area contributed by atoms with E-state index in [9.17, 15) is 9.59 Å². The van der Waals surface area contributed by atoms with Gasteiger partial charge in [0.25, 0.3) is 0 Å². The molecule has 1 amide bonds. The summed E-state index contributed by atoms with van der Waals surface area (Å²) in [7, 11) is 0. The van der Waals surface area contributed by atoms with Gasteiger partial charge in [-0.15, -0.1) is 0 Å². The fourth-order valence-electron chi connectivity index (χ4n) is 4.95. The van der Waals surface area contributed by atoms with E-state index in [0.29, 0.717) is 6.42 Å². The molecule has 0 aliphatic heterocycles. The van der Waals surface area contributed by atoms with Crippen LogP contribution < -0.4 is 5.32 Å². The van der Waals surface area contributed by atoms with E-state index in [2.05, 4.69) is 19.2 Å². The highest BCUT2D eigenvalue weighted by molar-refractivity contribution is 5.84. The van der Waals surface area contributed by atoms with Crippen molar-refractivity contribution in [2.24, 2.45) is 0 Å². The molecule has 0 fully saturated rings.